The van der Waals surface area contributed by atoms with Crippen LogP contribution in [-0.4, -0.2) is 42.9 Å². The number of phenols is 3. The second kappa shape index (κ2) is 8.22. The Balaban J connectivity index is 2.71. The fraction of sp³-hybridized carbons (Fsp3) is 0.409. The normalized spacial score (nSPS) is 16.2. The van der Waals surface area contributed by atoms with E-state index in [-0.39, 0.29) is 29.5 Å². The summed E-state index contributed by atoms with van der Waals surface area (Å²) >= 11 is 0. The summed E-state index contributed by atoms with van der Waals surface area (Å²) in [7, 11) is 0. The number of aromatic hydroxyl groups is 3. The SMILES string of the molecule is CCCC(=O)c1c(O)cc(O)c(CC2=C(O)C(C)(C)C(=O)C(C(=O)CC)=C2O)c1O. The number of allylic oxidation sites excluding steroid dienone is 3. The van der Waals surface area contributed by atoms with Crippen LogP contribution in [0.25, 0.3) is 0 Å². The highest BCUT2D eigenvalue weighted by molar-refractivity contribution is 6.24. The number of hydrogen-bond acceptors (Lipinski definition) is 8. The predicted octanol–water partition coefficient (Wildman–Crippen LogP) is 3.54. The molecule has 0 saturated carbocycles. The minimum Gasteiger partial charge on any atom is -0.511 e. The van der Waals surface area contributed by atoms with Gasteiger partial charge in [0.15, 0.2) is 17.3 Å². The Labute approximate surface area is 173 Å². The molecule has 30 heavy (non-hydrogen) atoms. The van der Waals surface area contributed by atoms with Crippen LogP contribution in [0.1, 0.15) is 62.9 Å². The minimum atomic E-state index is -1.52. The van der Waals surface area contributed by atoms with E-state index in [9.17, 15) is 39.9 Å². The molecule has 0 aromatic heterocycles. The number of benzene rings is 1. The van der Waals surface area contributed by atoms with Crippen molar-refractivity contribution in [1.29, 1.82) is 0 Å². The monoisotopic (exact) mass is 418 g/mol. The lowest BCUT2D eigenvalue weighted by atomic mass is 9.73. The van der Waals surface area contributed by atoms with Crippen molar-refractivity contribution >= 4 is 17.3 Å². The van der Waals surface area contributed by atoms with E-state index in [0.717, 1.165) is 6.07 Å². The largest absolute Gasteiger partial charge is 0.511 e. The number of phenolic OH excluding ortho intramolecular Hbond substituents is 3. The van der Waals surface area contributed by atoms with E-state index in [1.807, 2.05) is 0 Å². The van der Waals surface area contributed by atoms with Crippen molar-refractivity contribution in [2.24, 2.45) is 5.41 Å². The Bertz CT molecular complexity index is 995. The number of aliphatic hydroxyl groups is 2. The first-order valence-corrected chi connectivity index (χ1v) is 9.64. The first-order valence-electron chi connectivity index (χ1n) is 9.64. The molecule has 0 saturated heterocycles. The number of aliphatic hydroxyl groups excluding tert-OH is 2. The van der Waals surface area contributed by atoms with Gasteiger partial charge in [0.2, 0.25) is 0 Å². The summed E-state index contributed by atoms with van der Waals surface area (Å²) < 4.78 is 0. The van der Waals surface area contributed by atoms with Crippen LogP contribution in [0.15, 0.2) is 28.7 Å². The van der Waals surface area contributed by atoms with Crippen LogP contribution in [0.3, 0.4) is 0 Å². The van der Waals surface area contributed by atoms with Gasteiger partial charge in [-0.2, -0.15) is 0 Å². The van der Waals surface area contributed by atoms with Crippen LogP contribution in [0.4, 0.5) is 0 Å². The molecule has 1 aliphatic carbocycles. The molecule has 1 aliphatic rings. The quantitative estimate of drug-likeness (QED) is 0.333. The maximum absolute atomic E-state index is 12.7. The molecule has 0 amide bonds. The summed E-state index contributed by atoms with van der Waals surface area (Å²) in [6.45, 7) is 6.02. The summed E-state index contributed by atoms with van der Waals surface area (Å²) in [5, 5.41) is 52.1. The van der Waals surface area contributed by atoms with Gasteiger partial charge in [-0.15, -0.1) is 0 Å². The van der Waals surface area contributed by atoms with Crippen molar-refractivity contribution in [3.8, 4) is 17.2 Å². The smallest absolute Gasteiger partial charge is 0.183 e. The Morgan fingerprint density at radius 3 is 2.10 bits per heavy atom. The molecule has 8 heteroatoms. The molecule has 0 fully saturated rings. The molecule has 0 heterocycles. The first kappa shape index (κ1) is 23.0. The lowest BCUT2D eigenvalue weighted by Crippen LogP contribution is -2.36. The van der Waals surface area contributed by atoms with Gasteiger partial charge in [0.25, 0.3) is 0 Å². The second-order valence-electron chi connectivity index (χ2n) is 7.75. The highest BCUT2D eigenvalue weighted by atomic mass is 16.3. The maximum Gasteiger partial charge on any atom is 0.183 e. The van der Waals surface area contributed by atoms with Gasteiger partial charge >= 0.3 is 0 Å². The van der Waals surface area contributed by atoms with Crippen molar-refractivity contribution in [3.63, 3.8) is 0 Å². The number of rotatable bonds is 7. The van der Waals surface area contributed by atoms with Gasteiger partial charge in [-0.3, -0.25) is 14.4 Å². The molecule has 2 rings (SSSR count). The van der Waals surface area contributed by atoms with Gasteiger partial charge in [-0.05, 0) is 20.3 Å². The molecule has 0 atom stereocenters. The van der Waals surface area contributed by atoms with Crippen LogP contribution in [-0.2, 0) is 16.0 Å². The van der Waals surface area contributed by atoms with Crippen LogP contribution in [0, 0.1) is 5.41 Å². The Morgan fingerprint density at radius 1 is 0.967 bits per heavy atom. The van der Waals surface area contributed by atoms with Crippen LogP contribution in [0.2, 0.25) is 0 Å². The maximum atomic E-state index is 12.7. The number of ketones is 3. The average Bonchev–Trinajstić information content (AvgIpc) is 2.66. The molecule has 162 valence electrons. The van der Waals surface area contributed by atoms with E-state index in [1.165, 1.54) is 20.8 Å². The molecule has 5 N–H and O–H groups in total. The molecule has 0 bridgehead atoms. The molecule has 1 aromatic rings. The minimum absolute atomic E-state index is 0.0428. The first-order chi connectivity index (χ1) is 13.9. The molecule has 8 nitrogen and oxygen atoms in total. The summed E-state index contributed by atoms with van der Waals surface area (Å²) in [6.07, 6.45) is -0.0385. The lowest BCUT2D eigenvalue weighted by Gasteiger charge is -2.31. The van der Waals surface area contributed by atoms with Crippen LogP contribution >= 0.6 is 0 Å². The highest BCUT2D eigenvalue weighted by Crippen LogP contribution is 2.44. The van der Waals surface area contributed by atoms with E-state index in [1.54, 1.807) is 6.92 Å². The third kappa shape index (κ3) is 3.65. The van der Waals surface area contributed by atoms with Crippen molar-refractivity contribution in [1.82, 2.24) is 0 Å². The number of carbonyl (C=O) groups is 3. The van der Waals surface area contributed by atoms with Crippen molar-refractivity contribution < 1.29 is 39.9 Å². The lowest BCUT2D eigenvalue weighted by molar-refractivity contribution is -0.127. The molecule has 0 aliphatic heterocycles. The van der Waals surface area contributed by atoms with E-state index in [2.05, 4.69) is 0 Å². The predicted molar refractivity (Wildman–Crippen MR) is 108 cm³/mol. The molecule has 1 aromatic carbocycles. The summed E-state index contributed by atoms with van der Waals surface area (Å²) in [6, 6.07) is 0.882. The van der Waals surface area contributed by atoms with Crippen molar-refractivity contribution in [2.75, 3.05) is 0 Å². The molecule has 0 spiro atoms. The zero-order valence-corrected chi connectivity index (χ0v) is 17.4. The third-order valence-corrected chi connectivity index (χ3v) is 5.27. The Morgan fingerprint density at radius 2 is 1.57 bits per heavy atom. The molecular weight excluding hydrogens is 392 g/mol. The fourth-order valence-electron chi connectivity index (χ4n) is 3.43. The van der Waals surface area contributed by atoms with Gasteiger partial charge in [0, 0.05) is 36.5 Å². The van der Waals surface area contributed by atoms with Gasteiger partial charge < -0.3 is 25.5 Å². The second-order valence-corrected chi connectivity index (χ2v) is 7.75. The topological polar surface area (TPSA) is 152 Å². The Hall–Kier alpha value is -3.29. The van der Waals surface area contributed by atoms with Gasteiger partial charge in [-0.1, -0.05) is 13.8 Å². The number of hydrogen-bond donors (Lipinski definition) is 5. The zero-order valence-electron chi connectivity index (χ0n) is 17.4. The fourth-order valence-corrected chi connectivity index (χ4v) is 3.43. The van der Waals surface area contributed by atoms with Gasteiger partial charge in [0.05, 0.1) is 5.41 Å². The van der Waals surface area contributed by atoms with Crippen LogP contribution < -0.4 is 0 Å². The zero-order chi connectivity index (χ0) is 23.0. The summed E-state index contributed by atoms with van der Waals surface area (Å²) in [5.74, 6) is -5.05. The summed E-state index contributed by atoms with van der Waals surface area (Å²) in [4.78, 5) is 37.2. The molecular formula is C22H26O8. The Kier molecular flexibility index (Phi) is 6.30. The van der Waals surface area contributed by atoms with E-state index in [0.29, 0.717) is 6.42 Å². The van der Waals surface area contributed by atoms with E-state index in [4.69, 9.17) is 0 Å². The van der Waals surface area contributed by atoms with Crippen LogP contribution in [0.5, 0.6) is 17.2 Å². The highest BCUT2D eigenvalue weighted by Gasteiger charge is 2.45. The number of carbonyl (C=O) groups excluding carboxylic acids is 3. The molecule has 0 radical (unpaired) electrons. The van der Waals surface area contributed by atoms with Gasteiger partial charge in [-0.25, -0.2) is 0 Å². The molecule has 0 unspecified atom stereocenters. The standard InChI is InChI=1S/C22H26O8/c1-5-7-13(24)16-15(26)9-14(25)10(18(16)27)8-11-19(28)17(12(23)6-2)21(30)22(3,4)20(11)29/h9,25-29H,5-8H2,1-4H3. The number of Topliss-reactive ketones (excluding diaryl/α,β-unsaturated/α-hetero) is 3. The summed E-state index contributed by atoms with van der Waals surface area (Å²) in [5.41, 5.74) is -2.85. The van der Waals surface area contributed by atoms with Crippen molar-refractivity contribution in [2.45, 2.75) is 53.4 Å². The third-order valence-electron chi connectivity index (χ3n) is 5.27. The van der Waals surface area contributed by atoms with Crippen molar-refractivity contribution in [3.05, 3.63) is 39.9 Å². The average molecular weight is 418 g/mol. The van der Waals surface area contributed by atoms with E-state index < -0.39 is 63.5 Å². The van der Waals surface area contributed by atoms with E-state index >= 15 is 0 Å². The van der Waals surface area contributed by atoms with Gasteiger partial charge in [0.1, 0.15) is 39.9 Å².